The van der Waals surface area contributed by atoms with E-state index in [0.29, 0.717) is 6.04 Å². The number of nitrogens with zero attached hydrogens (tertiary/aromatic N) is 2. The van der Waals surface area contributed by atoms with E-state index in [2.05, 4.69) is 10.2 Å². The van der Waals surface area contributed by atoms with Crippen molar-refractivity contribution in [1.29, 1.82) is 0 Å². The Kier molecular flexibility index (Phi) is 5.40. The minimum absolute atomic E-state index is 0. The van der Waals surface area contributed by atoms with Crippen LogP contribution < -0.4 is 5.32 Å². The summed E-state index contributed by atoms with van der Waals surface area (Å²) in [6, 6.07) is 10.3. The normalized spacial score (nSPS) is 23.4. The van der Waals surface area contributed by atoms with Crippen molar-refractivity contribution in [1.82, 2.24) is 15.1 Å². The lowest BCUT2D eigenvalue weighted by Crippen LogP contribution is -2.52. The number of piperazine rings is 1. The van der Waals surface area contributed by atoms with Gasteiger partial charge in [0.2, 0.25) is 0 Å². The van der Waals surface area contributed by atoms with Crippen LogP contribution >= 0.6 is 12.4 Å². The molecule has 0 saturated carbocycles. The van der Waals surface area contributed by atoms with Crippen LogP contribution in [0.2, 0.25) is 0 Å². The fourth-order valence-corrected chi connectivity index (χ4v) is 3.00. The first-order valence-corrected chi connectivity index (χ1v) is 7.14. The molecule has 1 aromatic rings. The van der Waals surface area contributed by atoms with E-state index in [4.69, 9.17) is 0 Å². The second-order valence-electron chi connectivity index (χ2n) is 5.34. The molecular formula is C15H22ClN3O. The molecule has 2 aliphatic heterocycles. The van der Waals surface area contributed by atoms with Gasteiger partial charge in [-0.25, -0.2) is 0 Å². The van der Waals surface area contributed by atoms with E-state index < -0.39 is 0 Å². The molecule has 2 saturated heterocycles. The highest BCUT2D eigenvalue weighted by atomic mass is 35.5. The minimum atomic E-state index is 0. The summed E-state index contributed by atoms with van der Waals surface area (Å²) in [4.78, 5) is 16.8. The smallest absolute Gasteiger partial charge is 0.253 e. The highest BCUT2D eigenvalue weighted by Crippen LogP contribution is 2.13. The van der Waals surface area contributed by atoms with Gasteiger partial charge in [0, 0.05) is 44.3 Å². The van der Waals surface area contributed by atoms with E-state index in [1.807, 2.05) is 35.2 Å². The molecule has 20 heavy (non-hydrogen) atoms. The molecule has 110 valence electrons. The third kappa shape index (κ3) is 3.32. The number of benzene rings is 1. The van der Waals surface area contributed by atoms with Gasteiger partial charge in [0.15, 0.2) is 0 Å². The Labute approximate surface area is 126 Å². The summed E-state index contributed by atoms with van der Waals surface area (Å²) in [6.07, 6.45) is 1.24. The number of nitrogens with one attached hydrogen (secondary N) is 1. The van der Waals surface area contributed by atoms with Gasteiger partial charge in [-0.15, -0.1) is 12.4 Å². The zero-order valence-corrected chi connectivity index (χ0v) is 12.4. The van der Waals surface area contributed by atoms with Gasteiger partial charge in [-0.3, -0.25) is 9.69 Å². The Morgan fingerprint density at radius 2 is 1.80 bits per heavy atom. The maximum absolute atomic E-state index is 12.3. The molecule has 0 aliphatic carbocycles. The number of halogens is 1. The second kappa shape index (κ2) is 7.07. The number of rotatable bonds is 2. The van der Waals surface area contributed by atoms with Crippen LogP contribution in [0, 0.1) is 0 Å². The van der Waals surface area contributed by atoms with Gasteiger partial charge >= 0.3 is 0 Å². The van der Waals surface area contributed by atoms with Crippen LogP contribution in [0.15, 0.2) is 30.3 Å². The summed E-state index contributed by atoms with van der Waals surface area (Å²) in [5.74, 6) is 0.171. The van der Waals surface area contributed by atoms with Gasteiger partial charge in [0.25, 0.3) is 5.91 Å². The molecule has 1 unspecified atom stereocenters. The molecule has 5 heteroatoms. The van der Waals surface area contributed by atoms with Crippen LogP contribution in [0.3, 0.4) is 0 Å². The van der Waals surface area contributed by atoms with Crippen LogP contribution in [-0.4, -0.2) is 61.0 Å². The monoisotopic (exact) mass is 295 g/mol. The van der Waals surface area contributed by atoms with Crippen molar-refractivity contribution in [3.05, 3.63) is 35.9 Å². The molecule has 1 atom stereocenters. The van der Waals surface area contributed by atoms with Crippen molar-refractivity contribution in [2.45, 2.75) is 12.5 Å². The summed E-state index contributed by atoms with van der Waals surface area (Å²) in [7, 11) is 0. The first-order chi connectivity index (χ1) is 9.34. The van der Waals surface area contributed by atoms with Crippen LogP contribution in [0.4, 0.5) is 0 Å². The van der Waals surface area contributed by atoms with Gasteiger partial charge < -0.3 is 10.2 Å². The Balaban J connectivity index is 0.00000147. The van der Waals surface area contributed by atoms with Crippen molar-refractivity contribution < 1.29 is 4.79 Å². The summed E-state index contributed by atoms with van der Waals surface area (Å²) in [6.45, 7) is 5.95. The fraction of sp³-hybridized carbons (Fsp3) is 0.533. The Bertz CT molecular complexity index is 426. The van der Waals surface area contributed by atoms with Gasteiger partial charge in [0.05, 0.1) is 0 Å². The summed E-state index contributed by atoms with van der Waals surface area (Å²) in [5.41, 5.74) is 0.804. The molecule has 2 heterocycles. The van der Waals surface area contributed by atoms with Crippen molar-refractivity contribution in [3.63, 3.8) is 0 Å². The SMILES string of the molecule is Cl.O=C(c1ccccc1)N1CCN(C2CCNC2)CC1. The molecule has 0 radical (unpaired) electrons. The first kappa shape index (κ1) is 15.3. The largest absolute Gasteiger partial charge is 0.336 e. The highest BCUT2D eigenvalue weighted by molar-refractivity contribution is 5.94. The number of hydrogen-bond acceptors (Lipinski definition) is 3. The molecule has 1 N–H and O–H groups in total. The topological polar surface area (TPSA) is 35.6 Å². The van der Waals surface area contributed by atoms with Crippen molar-refractivity contribution in [2.24, 2.45) is 0 Å². The lowest BCUT2D eigenvalue weighted by Gasteiger charge is -2.37. The molecule has 0 bridgehead atoms. The summed E-state index contributed by atoms with van der Waals surface area (Å²) < 4.78 is 0. The first-order valence-electron chi connectivity index (χ1n) is 7.14. The fourth-order valence-electron chi connectivity index (χ4n) is 3.00. The van der Waals surface area contributed by atoms with E-state index in [0.717, 1.165) is 44.8 Å². The van der Waals surface area contributed by atoms with E-state index in [1.165, 1.54) is 6.42 Å². The summed E-state index contributed by atoms with van der Waals surface area (Å²) in [5, 5.41) is 3.41. The van der Waals surface area contributed by atoms with Crippen LogP contribution in [0.1, 0.15) is 16.8 Å². The molecule has 1 aromatic carbocycles. The lowest BCUT2D eigenvalue weighted by atomic mass is 10.1. The van der Waals surface area contributed by atoms with E-state index in [-0.39, 0.29) is 18.3 Å². The number of hydrogen-bond donors (Lipinski definition) is 1. The van der Waals surface area contributed by atoms with Crippen LogP contribution in [-0.2, 0) is 0 Å². The Hall–Kier alpha value is -1.10. The van der Waals surface area contributed by atoms with Crippen molar-refractivity contribution in [2.75, 3.05) is 39.3 Å². The molecule has 1 amide bonds. The maximum atomic E-state index is 12.3. The molecule has 2 fully saturated rings. The second-order valence-corrected chi connectivity index (χ2v) is 5.34. The lowest BCUT2D eigenvalue weighted by molar-refractivity contribution is 0.0584. The predicted molar refractivity (Wildman–Crippen MR) is 82.4 cm³/mol. The minimum Gasteiger partial charge on any atom is -0.336 e. The molecule has 0 spiro atoms. The predicted octanol–water partition coefficient (Wildman–Crippen LogP) is 1.23. The molecule has 0 aromatic heterocycles. The Morgan fingerprint density at radius 3 is 2.40 bits per heavy atom. The van der Waals surface area contributed by atoms with Gasteiger partial charge in [0.1, 0.15) is 0 Å². The van der Waals surface area contributed by atoms with Gasteiger partial charge in [-0.05, 0) is 25.1 Å². The van der Waals surface area contributed by atoms with Crippen LogP contribution in [0.5, 0.6) is 0 Å². The average molecular weight is 296 g/mol. The zero-order chi connectivity index (χ0) is 13.1. The average Bonchev–Trinajstić information content (AvgIpc) is 3.02. The van der Waals surface area contributed by atoms with Gasteiger partial charge in [-0.2, -0.15) is 0 Å². The van der Waals surface area contributed by atoms with E-state index in [9.17, 15) is 4.79 Å². The van der Waals surface area contributed by atoms with Crippen LogP contribution in [0.25, 0.3) is 0 Å². The van der Waals surface area contributed by atoms with E-state index >= 15 is 0 Å². The van der Waals surface area contributed by atoms with Crippen molar-refractivity contribution in [3.8, 4) is 0 Å². The van der Waals surface area contributed by atoms with Gasteiger partial charge in [-0.1, -0.05) is 18.2 Å². The zero-order valence-electron chi connectivity index (χ0n) is 11.6. The number of carbonyl (C=O) groups excluding carboxylic acids is 1. The Morgan fingerprint density at radius 1 is 1.10 bits per heavy atom. The molecule has 3 rings (SSSR count). The quantitative estimate of drug-likeness (QED) is 0.891. The maximum Gasteiger partial charge on any atom is 0.253 e. The number of carbonyl (C=O) groups is 1. The van der Waals surface area contributed by atoms with Crippen molar-refractivity contribution >= 4 is 18.3 Å². The third-order valence-corrected chi connectivity index (χ3v) is 4.17. The van der Waals surface area contributed by atoms with E-state index in [1.54, 1.807) is 0 Å². The standard InChI is InChI=1S/C15H21N3O.ClH/c19-15(13-4-2-1-3-5-13)18-10-8-17(9-11-18)14-6-7-16-12-14;/h1-5,14,16H,6-12H2;1H. The molecular weight excluding hydrogens is 274 g/mol. The molecule has 2 aliphatic rings. The summed E-state index contributed by atoms with van der Waals surface area (Å²) >= 11 is 0. The molecule has 4 nitrogen and oxygen atoms in total. The third-order valence-electron chi connectivity index (χ3n) is 4.17. The number of amides is 1. The highest BCUT2D eigenvalue weighted by Gasteiger charge is 2.27.